The molecule has 0 aliphatic carbocycles. The van der Waals surface area contributed by atoms with Crippen molar-refractivity contribution in [3.63, 3.8) is 0 Å². The monoisotopic (exact) mass is 519 g/mol. The molecule has 1 N–H and O–H groups in total. The van der Waals surface area contributed by atoms with Gasteiger partial charge in [-0.05, 0) is 74.9 Å². The first-order valence-corrected chi connectivity index (χ1v) is 12.5. The molecular formula is C27H22ClN3O4S. The lowest BCUT2D eigenvalue weighted by Crippen LogP contribution is -2.29. The summed E-state index contributed by atoms with van der Waals surface area (Å²) in [5, 5.41) is 12.2. The van der Waals surface area contributed by atoms with Crippen molar-refractivity contribution in [1.29, 1.82) is 0 Å². The zero-order valence-electron chi connectivity index (χ0n) is 19.7. The summed E-state index contributed by atoms with van der Waals surface area (Å²) in [5.41, 5.74) is 2.27. The number of carbonyl (C=O) groups is 2. The van der Waals surface area contributed by atoms with Gasteiger partial charge in [-0.15, -0.1) is 0 Å². The van der Waals surface area contributed by atoms with Crippen LogP contribution >= 0.6 is 22.9 Å². The number of hydrogen-bond acceptors (Lipinski definition) is 7. The Morgan fingerprint density at radius 1 is 1.14 bits per heavy atom. The smallest absolute Gasteiger partial charge is 0.301 e. The molecule has 9 heteroatoms. The maximum atomic E-state index is 13.3. The van der Waals surface area contributed by atoms with Gasteiger partial charge in [0.1, 0.15) is 17.6 Å². The van der Waals surface area contributed by atoms with Crippen LogP contribution in [0.1, 0.15) is 36.7 Å². The van der Waals surface area contributed by atoms with E-state index in [-0.39, 0.29) is 17.4 Å². The SMILES string of the molecule is Cc1cc2sc(N3C(=O)C(=O)/C(=C(/O)c4ccc(OC(C)C)cc4)C3c3ccccn3)nc2cc1Cl. The molecule has 1 amide bonds. The molecule has 3 heterocycles. The number of hydrogen-bond donors (Lipinski definition) is 1. The van der Waals surface area contributed by atoms with Crippen molar-refractivity contribution in [2.45, 2.75) is 32.9 Å². The highest BCUT2D eigenvalue weighted by atomic mass is 35.5. The number of aromatic nitrogens is 2. The normalized spacial score (nSPS) is 17.4. The Bertz CT molecular complexity index is 1470. The van der Waals surface area contributed by atoms with E-state index in [1.165, 1.54) is 16.2 Å². The molecule has 1 saturated heterocycles. The Labute approximate surface area is 216 Å². The minimum absolute atomic E-state index is 0.00796. The van der Waals surface area contributed by atoms with Crippen molar-refractivity contribution < 1.29 is 19.4 Å². The maximum Gasteiger partial charge on any atom is 0.301 e. The molecule has 2 aromatic carbocycles. The van der Waals surface area contributed by atoms with E-state index in [1.54, 1.807) is 54.7 Å². The lowest BCUT2D eigenvalue weighted by Gasteiger charge is -2.22. The number of benzene rings is 2. The number of aryl methyl sites for hydroxylation is 1. The van der Waals surface area contributed by atoms with Crippen LogP contribution in [0.3, 0.4) is 0 Å². The molecule has 1 unspecified atom stereocenters. The van der Waals surface area contributed by atoms with Crippen LogP contribution in [0.15, 0.2) is 66.4 Å². The number of aliphatic hydroxyl groups excluding tert-OH is 1. The number of anilines is 1. The molecule has 0 bridgehead atoms. The molecule has 0 spiro atoms. The van der Waals surface area contributed by atoms with Gasteiger partial charge in [0.05, 0.1) is 27.6 Å². The third-order valence-electron chi connectivity index (χ3n) is 5.78. The highest BCUT2D eigenvalue weighted by Gasteiger charge is 2.48. The van der Waals surface area contributed by atoms with Gasteiger partial charge in [-0.3, -0.25) is 19.5 Å². The predicted molar refractivity (Wildman–Crippen MR) is 141 cm³/mol. The van der Waals surface area contributed by atoms with Gasteiger partial charge in [0, 0.05) is 16.8 Å². The van der Waals surface area contributed by atoms with Crippen LogP contribution in [-0.2, 0) is 9.59 Å². The minimum atomic E-state index is -0.949. The van der Waals surface area contributed by atoms with Crippen molar-refractivity contribution in [2.75, 3.05) is 4.90 Å². The first-order valence-electron chi connectivity index (χ1n) is 11.3. The summed E-state index contributed by atoms with van der Waals surface area (Å²) in [6, 6.07) is 14.6. The molecule has 0 radical (unpaired) electrons. The molecule has 1 aliphatic heterocycles. The van der Waals surface area contributed by atoms with Crippen LogP contribution < -0.4 is 9.64 Å². The first-order chi connectivity index (χ1) is 17.2. The third-order valence-corrected chi connectivity index (χ3v) is 7.20. The summed E-state index contributed by atoms with van der Waals surface area (Å²) in [4.78, 5) is 37.0. The van der Waals surface area contributed by atoms with Gasteiger partial charge in [0.25, 0.3) is 5.78 Å². The first kappa shape index (κ1) is 24.0. The fourth-order valence-electron chi connectivity index (χ4n) is 4.11. The number of ketones is 1. The summed E-state index contributed by atoms with van der Waals surface area (Å²) in [5.74, 6) is -1.25. The zero-order chi connectivity index (χ0) is 25.6. The number of rotatable bonds is 5. The van der Waals surface area contributed by atoms with Gasteiger partial charge >= 0.3 is 5.91 Å². The number of amides is 1. The average Bonchev–Trinajstić information content (AvgIpc) is 3.37. The molecule has 2 aromatic heterocycles. The summed E-state index contributed by atoms with van der Waals surface area (Å²) in [6.07, 6.45) is 1.57. The molecule has 4 aromatic rings. The average molecular weight is 520 g/mol. The lowest BCUT2D eigenvalue weighted by atomic mass is 9.98. The fourth-order valence-corrected chi connectivity index (χ4v) is 5.34. The number of aliphatic hydroxyl groups is 1. The number of ether oxygens (including phenoxy) is 1. The van der Waals surface area contributed by atoms with Crippen molar-refractivity contribution in [3.05, 3.63) is 88.2 Å². The fraction of sp³-hybridized carbons (Fsp3) is 0.185. The van der Waals surface area contributed by atoms with E-state index in [4.69, 9.17) is 16.3 Å². The minimum Gasteiger partial charge on any atom is -0.507 e. The Morgan fingerprint density at radius 2 is 1.89 bits per heavy atom. The molecule has 7 nitrogen and oxygen atoms in total. The molecule has 1 atom stereocenters. The van der Waals surface area contributed by atoms with E-state index in [0.717, 1.165) is 10.3 Å². The van der Waals surface area contributed by atoms with Crippen molar-refractivity contribution in [2.24, 2.45) is 0 Å². The van der Waals surface area contributed by atoms with Gasteiger partial charge < -0.3 is 9.84 Å². The number of thiazole rings is 1. The van der Waals surface area contributed by atoms with E-state index in [9.17, 15) is 14.7 Å². The van der Waals surface area contributed by atoms with Crippen LogP contribution in [0.25, 0.3) is 16.0 Å². The third kappa shape index (κ3) is 4.23. The summed E-state index contributed by atoms with van der Waals surface area (Å²) >= 11 is 7.55. The second-order valence-electron chi connectivity index (χ2n) is 8.68. The summed E-state index contributed by atoms with van der Waals surface area (Å²) in [6.45, 7) is 5.72. The number of Topliss-reactive ketones (excluding diaryl/α,β-unsaturated/α-hetero) is 1. The molecule has 1 aliphatic rings. The Balaban J connectivity index is 1.65. The molecule has 182 valence electrons. The Morgan fingerprint density at radius 3 is 2.56 bits per heavy atom. The summed E-state index contributed by atoms with van der Waals surface area (Å²) in [7, 11) is 0. The van der Waals surface area contributed by atoms with Crippen molar-refractivity contribution in [3.8, 4) is 5.75 Å². The largest absolute Gasteiger partial charge is 0.507 e. The van der Waals surface area contributed by atoms with Crippen molar-refractivity contribution in [1.82, 2.24) is 9.97 Å². The van der Waals surface area contributed by atoms with Crippen LogP contribution in [-0.4, -0.2) is 32.9 Å². The van der Waals surface area contributed by atoms with Gasteiger partial charge in [-0.1, -0.05) is 29.0 Å². The van der Waals surface area contributed by atoms with E-state index >= 15 is 0 Å². The molecule has 5 rings (SSSR count). The molecular weight excluding hydrogens is 498 g/mol. The molecule has 1 fully saturated rings. The number of carbonyl (C=O) groups excluding carboxylic acids is 2. The van der Waals surface area contributed by atoms with Crippen LogP contribution in [0.2, 0.25) is 5.02 Å². The van der Waals surface area contributed by atoms with Crippen LogP contribution in [0, 0.1) is 6.92 Å². The van der Waals surface area contributed by atoms with Gasteiger partial charge in [0.2, 0.25) is 0 Å². The highest BCUT2D eigenvalue weighted by molar-refractivity contribution is 7.22. The second-order valence-corrected chi connectivity index (χ2v) is 10.1. The van der Waals surface area contributed by atoms with Crippen LogP contribution in [0.5, 0.6) is 5.75 Å². The number of halogens is 1. The maximum absolute atomic E-state index is 13.3. The topological polar surface area (TPSA) is 92.6 Å². The highest BCUT2D eigenvalue weighted by Crippen LogP contribution is 2.44. The van der Waals surface area contributed by atoms with E-state index in [0.29, 0.717) is 32.7 Å². The Kier molecular flexibility index (Phi) is 6.24. The number of nitrogens with zero attached hydrogens (tertiary/aromatic N) is 3. The van der Waals surface area contributed by atoms with E-state index in [1.807, 2.05) is 26.8 Å². The molecule has 36 heavy (non-hydrogen) atoms. The van der Waals surface area contributed by atoms with E-state index in [2.05, 4.69) is 9.97 Å². The quantitative estimate of drug-likeness (QED) is 0.195. The Hall–Kier alpha value is -3.75. The summed E-state index contributed by atoms with van der Waals surface area (Å²) < 4.78 is 6.50. The zero-order valence-corrected chi connectivity index (χ0v) is 21.3. The van der Waals surface area contributed by atoms with E-state index < -0.39 is 17.7 Å². The van der Waals surface area contributed by atoms with Gasteiger partial charge in [0.15, 0.2) is 5.13 Å². The number of fused-ring (bicyclic) bond motifs is 1. The second kappa shape index (κ2) is 9.37. The number of pyridine rings is 1. The standard InChI is InChI=1S/C27H22ClN3O4S/c1-14(2)35-17-9-7-16(8-10-17)24(32)22-23(19-6-4-5-11-29-19)31(26(34)25(22)33)27-30-20-13-18(28)15(3)12-21(20)36-27/h4-14,23,32H,1-3H3/b24-22+. The molecule has 0 saturated carbocycles. The van der Waals surface area contributed by atoms with Gasteiger partial charge in [-0.25, -0.2) is 4.98 Å². The lowest BCUT2D eigenvalue weighted by molar-refractivity contribution is -0.132. The van der Waals surface area contributed by atoms with Gasteiger partial charge in [-0.2, -0.15) is 0 Å². The van der Waals surface area contributed by atoms with Crippen LogP contribution in [0.4, 0.5) is 5.13 Å². The van der Waals surface area contributed by atoms with Crippen molar-refractivity contribution >= 4 is 55.7 Å². The predicted octanol–water partition coefficient (Wildman–Crippen LogP) is 6.07.